The number of aromatic hydroxyl groups is 1. The van der Waals surface area contributed by atoms with Gasteiger partial charge in [-0.25, -0.2) is 13.5 Å². The molecule has 0 unspecified atom stereocenters. The lowest BCUT2D eigenvalue weighted by molar-refractivity contribution is 0.260. The van der Waals surface area contributed by atoms with E-state index in [1.807, 2.05) is 0 Å². The lowest BCUT2D eigenvalue weighted by atomic mass is 10.3. The molecule has 0 bridgehead atoms. The van der Waals surface area contributed by atoms with Crippen LogP contribution in [0.5, 0.6) is 5.75 Å². The van der Waals surface area contributed by atoms with Gasteiger partial charge in [0.15, 0.2) is 11.6 Å². The van der Waals surface area contributed by atoms with E-state index >= 15 is 0 Å². The summed E-state index contributed by atoms with van der Waals surface area (Å²) < 4.78 is 14.0. The van der Waals surface area contributed by atoms with E-state index in [0.29, 0.717) is 10.7 Å². The molecule has 2 aromatic carbocycles. The fourth-order valence-corrected chi connectivity index (χ4v) is 1.83. The average molecular weight is 313 g/mol. The summed E-state index contributed by atoms with van der Waals surface area (Å²) in [4.78, 5) is 11.9. The van der Waals surface area contributed by atoms with Gasteiger partial charge in [-0.05, 0) is 36.4 Å². The monoisotopic (exact) mass is 312 g/mol. The molecule has 0 aliphatic heterocycles. The number of hydrogen-bond donors (Lipinski definition) is 3. The number of thiol groups is 1. The summed E-state index contributed by atoms with van der Waals surface area (Å²) in [5.41, 5.74) is 0.439. The average Bonchev–Trinajstić information content (AvgIpc) is 2.43. The van der Waals surface area contributed by atoms with Crippen molar-refractivity contribution >= 4 is 41.8 Å². The molecule has 7 heteroatoms. The van der Waals surface area contributed by atoms with Crippen molar-refractivity contribution in [2.75, 3.05) is 9.62 Å². The SMILES string of the molecule is O=C(Nc1ccc(Cl)cc1)N(S)c1cccc(F)c1O. The van der Waals surface area contributed by atoms with Crippen LogP contribution < -0.4 is 9.62 Å². The number of carbonyl (C=O) groups excluding carboxylic acids is 1. The Bertz CT molecular complexity index is 637. The number of rotatable bonds is 2. The summed E-state index contributed by atoms with van der Waals surface area (Å²) in [7, 11) is 0. The zero-order chi connectivity index (χ0) is 14.7. The van der Waals surface area contributed by atoms with E-state index in [1.165, 1.54) is 12.1 Å². The van der Waals surface area contributed by atoms with Gasteiger partial charge < -0.3 is 10.4 Å². The summed E-state index contributed by atoms with van der Waals surface area (Å²) in [5, 5.41) is 12.6. The second kappa shape index (κ2) is 6.02. The number of benzene rings is 2. The third-order valence-corrected chi connectivity index (χ3v) is 3.13. The highest BCUT2D eigenvalue weighted by Gasteiger charge is 2.17. The predicted octanol–water partition coefficient (Wildman–Crippen LogP) is 4.07. The van der Waals surface area contributed by atoms with E-state index in [9.17, 15) is 14.3 Å². The number of phenols is 1. The van der Waals surface area contributed by atoms with Crippen LogP contribution in [0, 0.1) is 5.82 Å². The number of halogens is 2. The molecule has 20 heavy (non-hydrogen) atoms. The number of hydrogen-bond acceptors (Lipinski definition) is 3. The number of anilines is 2. The van der Waals surface area contributed by atoms with Crippen molar-refractivity contribution in [1.82, 2.24) is 0 Å². The van der Waals surface area contributed by atoms with Gasteiger partial charge in [0.25, 0.3) is 0 Å². The van der Waals surface area contributed by atoms with Gasteiger partial charge in [0, 0.05) is 10.7 Å². The lowest BCUT2D eigenvalue weighted by Gasteiger charge is -2.17. The van der Waals surface area contributed by atoms with Crippen LogP contribution in [-0.4, -0.2) is 11.1 Å². The number of phenolic OH excluding ortho intramolecular Hbond substituents is 1. The Balaban J connectivity index is 2.16. The summed E-state index contributed by atoms with van der Waals surface area (Å²) in [6, 6.07) is 9.60. The van der Waals surface area contributed by atoms with Gasteiger partial charge in [0.1, 0.15) is 5.69 Å². The fraction of sp³-hybridized carbons (Fsp3) is 0. The van der Waals surface area contributed by atoms with Gasteiger partial charge in [-0.1, -0.05) is 30.5 Å². The van der Waals surface area contributed by atoms with Crippen molar-refractivity contribution in [3.63, 3.8) is 0 Å². The van der Waals surface area contributed by atoms with Crippen molar-refractivity contribution in [2.24, 2.45) is 0 Å². The topological polar surface area (TPSA) is 52.6 Å². The Kier molecular flexibility index (Phi) is 4.36. The highest BCUT2D eigenvalue weighted by atomic mass is 35.5. The fourth-order valence-electron chi connectivity index (χ4n) is 1.49. The quantitative estimate of drug-likeness (QED) is 0.732. The molecule has 104 valence electrons. The summed E-state index contributed by atoms with van der Waals surface area (Å²) in [5.74, 6) is -1.48. The molecule has 0 fully saturated rings. The van der Waals surface area contributed by atoms with E-state index in [1.54, 1.807) is 24.3 Å². The van der Waals surface area contributed by atoms with E-state index in [-0.39, 0.29) is 5.69 Å². The van der Waals surface area contributed by atoms with Gasteiger partial charge in [-0.15, -0.1) is 0 Å². The first-order valence-corrected chi connectivity index (χ1v) is 6.30. The predicted molar refractivity (Wildman–Crippen MR) is 80.0 cm³/mol. The summed E-state index contributed by atoms with van der Waals surface area (Å²) in [6.45, 7) is 0. The molecule has 2 N–H and O–H groups in total. The number of nitrogens with one attached hydrogen (secondary N) is 1. The summed E-state index contributed by atoms with van der Waals surface area (Å²) >= 11 is 9.68. The van der Waals surface area contributed by atoms with Crippen LogP contribution in [0.25, 0.3) is 0 Å². The molecule has 2 aromatic rings. The van der Waals surface area contributed by atoms with E-state index in [2.05, 4.69) is 18.1 Å². The summed E-state index contributed by atoms with van der Waals surface area (Å²) in [6.07, 6.45) is 0. The molecule has 0 aliphatic carbocycles. The Morgan fingerprint density at radius 3 is 2.55 bits per heavy atom. The van der Waals surface area contributed by atoms with Crippen LogP contribution in [-0.2, 0) is 0 Å². The van der Waals surface area contributed by atoms with Gasteiger partial charge in [0.2, 0.25) is 0 Å². The number of urea groups is 1. The van der Waals surface area contributed by atoms with E-state index in [0.717, 1.165) is 10.4 Å². The van der Waals surface area contributed by atoms with Gasteiger partial charge in [-0.2, -0.15) is 0 Å². The second-order valence-corrected chi connectivity index (χ2v) is 4.69. The Morgan fingerprint density at radius 1 is 1.25 bits per heavy atom. The first-order chi connectivity index (χ1) is 9.49. The van der Waals surface area contributed by atoms with Crippen LogP contribution in [0.15, 0.2) is 42.5 Å². The lowest BCUT2D eigenvalue weighted by Crippen LogP contribution is -2.26. The molecular formula is C13H10ClFN2O2S. The highest BCUT2D eigenvalue weighted by Crippen LogP contribution is 2.31. The van der Waals surface area contributed by atoms with E-state index in [4.69, 9.17) is 11.6 Å². The minimum atomic E-state index is -0.833. The molecule has 0 saturated carbocycles. The van der Waals surface area contributed by atoms with Crippen LogP contribution >= 0.6 is 24.4 Å². The Morgan fingerprint density at radius 2 is 1.90 bits per heavy atom. The standard InChI is InChI=1S/C13H10ClFN2O2S/c14-8-4-6-9(7-5-8)16-13(19)17(20)11-3-1-2-10(15)12(11)18/h1-7,18,20H,(H,16,19). The van der Waals surface area contributed by atoms with Crippen molar-refractivity contribution in [2.45, 2.75) is 0 Å². The maximum atomic E-state index is 13.2. The van der Waals surface area contributed by atoms with Crippen molar-refractivity contribution in [3.8, 4) is 5.75 Å². The third-order valence-electron chi connectivity index (χ3n) is 2.48. The highest BCUT2D eigenvalue weighted by molar-refractivity contribution is 7.82. The zero-order valence-corrected chi connectivity index (χ0v) is 11.7. The molecule has 2 amide bonds. The molecule has 0 aromatic heterocycles. The molecule has 0 heterocycles. The largest absolute Gasteiger partial charge is 0.503 e. The molecule has 2 rings (SSSR count). The number of para-hydroxylation sites is 1. The zero-order valence-electron chi connectivity index (χ0n) is 10.0. The minimum absolute atomic E-state index is 0.0557. The maximum Gasteiger partial charge on any atom is 0.336 e. The van der Waals surface area contributed by atoms with Crippen LogP contribution in [0.2, 0.25) is 5.02 Å². The maximum absolute atomic E-state index is 13.2. The smallest absolute Gasteiger partial charge is 0.336 e. The van der Waals surface area contributed by atoms with E-state index < -0.39 is 17.6 Å². The Hall–Kier alpha value is -1.92. The normalized spacial score (nSPS) is 10.2. The molecule has 0 spiro atoms. The second-order valence-electron chi connectivity index (χ2n) is 3.86. The molecule has 0 aliphatic rings. The molecular weight excluding hydrogens is 303 g/mol. The molecule has 0 radical (unpaired) electrons. The molecule has 0 saturated heterocycles. The number of amides is 2. The van der Waals surface area contributed by atoms with Crippen molar-refractivity contribution in [1.29, 1.82) is 0 Å². The molecule has 0 atom stereocenters. The molecule has 4 nitrogen and oxygen atoms in total. The first-order valence-electron chi connectivity index (χ1n) is 5.52. The van der Waals surface area contributed by atoms with Crippen LogP contribution in [0.3, 0.4) is 0 Å². The van der Waals surface area contributed by atoms with Crippen molar-refractivity contribution in [3.05, 3.63) is 53.3 Å². The van der Waals surface area contributed by atoms with Crippen molar-refractivity contribution < 1.29 is 14.3 Å². The van der Waals surface area contributed by atoms with Crippen LogP contribution in [0.4, 0.5) is 20.6 Å². The third kappa shape index (κ3) is 3.15. The van der Waals surface area contributed by atoms with Crippen LogP contribution in [0.1, 0.15) is 0 Å². The first kappa shape index (κ1) is 14.5. The van der Waals surface area contributed by atoms with Gasteiger partial charge >= 0.3 is 6.03 Å². The number of carbonyl (C=O) groups is 1. The van der Waals surface area contributed by atoms with Gasteiger partial charge in [0.05, 0.1) is 0 Å². The number of nitrogens with zero attached hydrogens (tertiary/aromatic N) is 1. The minimum Gasteiger partial charge on any atom is -0.503 e. The Labute approximate surface area is 125 Å². The van der Waals surface area contributed by atoms with Gasteiger partial charge in [-0.3, -0.25) is 0 Å².